The summed E-state index contributed by atoms with van der Waals surface area (Å²) in [4.78, 5) is 27.4. The highest BCUT2D eigenvalue weighted by molar-refractivity contribution is 5.93. The molecule has 150 valence electrons. The van der Waals surface area contributed by atoms with Crippen molar-refractivity contribution in [1.29, 1.82) is 0 Å². The van der Waals surface area contributed by atoms with E-state index in [9.17, 15) is 19.8 Å². The first-order valence-electron chi connectivity index (χ1n) is 9.70. The highest BCUT2D eigenvalue weighted by Crippen LogP contribution is 2.24. The normalized spacial score (nSPS) is 19.4. The minimum absolute atomic E-state index is 0.183. The van der Waals surface area contributed by atoms with Gasteiger partial charge in [0, 0.05) is 30.0 Å². The largest absolute Gasteiger partial charge is 0.396 e. The summed E-state index contributed by atoms with van der Waals surface area (Å²) < 4.78 is 1.21. The Morgan fingerprint density at radius 2 is 1.76 bits per heavy atom. The van der Waals surface area contributed by atoms with E-state index in [1.165, 1.54) is 4.68 Å². The molecular weight excluding hydrogens is 370 g/mol. The second-order valence-corrected chi connectivity index (χ2v) is 7.36. The number of carbonyl (C=O) groups excluding carboxylic acids is 1. The maximum Gasteiger partial charge on any atom is 0.275 e. The van der Waals surface area contributed by atoms with E-state index in [4.69, 9.17) is 0 Å². The molecule has 2 heterocycles. The third kappa shape index (κ3) is 3.79. The van der Waals surface area contributed by atoms with Crippen molar-refractivity contribution < 1.29 is 15.0 Å². The number of piperidine rings is 1. The Kier molecular flexibility index (Phi) is 5.42. The van der Waals surface area contributed by atoms with Crippen LogP contribution in [0.5, 0.6) is 0 Å². The van der Waals surface area contributed by atoms with Gasteiger partial charge in [-0.3, -0.25) is 9.59 Å². The number of aliphatic hydroxyl groups is 2. The molecule has 1 amide bonds. The van der Waals surface area contributed by atoms with Crippen LogP contribution in [0.2, 0.25) is 0 Å². The number of hydrogen-bond acceptors (Lipinski definition) is 5. The predicted molar refractivity (Wildman–Crippen MR) is 109 cm³/mol. The maximum atomic E-state index is 13.0. The zero-order valence-corrected chi connectivity index (χ0v) is 15.9. The molecule has 1 fully saturated rings. The van der Waals surface area contributed by atoms with Crippen LogP contribution in [-0.2, 0) is 11.3 Å². The molecule has 1 aliphatic heterocycles. The Balaban J connectivity index is 1.70. The number of benzene rings is 2. The van der Waals surface area contributed by atoms with Gasteiger partial charge in [0.25, 0.3) is 5.56 Å². The number of aliphatic hydroxyl groups excluding tert-OH is 2. The summed E-state index contributed by atoms with van der Waals surface area (Å²) in [5.74, 6) is -0.617. The van der Waals surface area contributed by atoms with Gasteiger partial charge in [-0.25, -0.2) is 4.68 Å². The van der Waals surface area contributed by atoms with Crippen LogP contribution >= 0.6 is 0 Å². The first-order chi connectivity index (χ1) is 14.1. The lowest BCUT2D eigenvalue weighted by Gasteiger charge is -2.35. The van der Waals surface area contributed by atoms with Crippen molar-refractivity contribution in [1.82, 2.24) is 14.7 Å². The smallest absolute Gasteiger partial charge is 0.275 e. The lowest BCUT2D eigenvalue weighted by molar-refractivity contribution is -0.136. The van der Waals surface area contributed by atoms with Crippen LogP contribution in [-0.4, -0.2) is 56.6 Å². The quantitative estimate of drug-likeness (QED) is 0.696. The fourth-order valence-corrected chi connectivity index (χ4v) is 3.81. The van der Waals surface area contributed by atoms with Crippen LogP contribution in [0.15, 0.2) is 59.4 Å². The van der Waals surface area contributed by atoms with E-state index >= 15 is 0 Å². The summed E-state index contributed by atoms with van der Waals surface area (Å²) in [6.07, 6.45) is -0.207. The summed E-state index contributed by atoms with van der Waals surface area (Å²) >= 11 is 0. The summed E-state index contributed by atoms with van der Waals surface area (Å²) in [5, 5.41) is 25.1. The van der Waals surface area contributed by atoms with Crippen molar-refractivity contribution in [2.45, 2.75) is 19.1 Å². The van der Waals surface area contributed by atoms with Gasteiger partial charge < -0.3 is 15.1 Å². The molecule has 1 aliphatic rings. The third-order valence-corrected chi connectivity index (χ3v) is 5.48. The standard InChI is InChI=1S/C22H23N3O4/c26-14-16-12-24(11-10-19(16)27)20(28)13-25-22(29)18-9-5-4-8-17(18)21(23-25)15-6-2-1-3-7-15/h1-9,16,19,26-27H,10-14H2/t16-,19-/m0/s1. The van der Waals surface area contributed by atoms with Gasteiger partial charge in [0.05, 0.1) is 23.8 Å². The average molecular weight is 393 g/mol. The molecule has 2 N–H and O–H groups in total. The molecule has 2 aromatic carbocycles. The van der Waals surface area contributed by atoms with Crippen molar-refractivity contribution in [3.05, 3.63) is 65.0 Å². The molecule has 0 saturated carbocycles. The molecule has 1 saturated heterocycles. The van der Waals surface area contributed by atoms with Gasteiger partial charge in [0.1, 0.15) is 6.54 Å². The van der Waals surface area contributed by atoms with Crippen LogP contribution in [0.4, 0.5) is 0 Å². The fourth-order valence-electron chi connectivity index (χ4n) is 3.81. The molecule has 0 unspecified atom stereocenters. The van der Waals surface area contributed by atoms with Crippen molar-refractivity contribution in [2.24, 2.45) is 5.92 Å². The lowest BCUT2D eigenvalue weighted by atomic mass is 9.95. The molecule has 7 nitrogen and oxygen atoms in total. The number of fused-ring (bicyclic) bond motifs is 1. The first-order valence-corrected chi connectivity index (χ1v) is 9.70. The predicted octanol–water partition coefficient (Wildman–Crippen LogP) is 1.27. The summed E-state index contributed by atoms with van der Waals surface area (Å²) in [6, 6.07) is 16.8. The molecule has 7 heteroatoms. The molecule has 0 bridgehead atoms. The molecule has 0 radical (unpaired) electrons. The van der Waals surface area contributed by atoms with Crippen molar-refractivity contribution >= 4 is 16.7 Å². The Bertz CT molecular complexity index is 1080. The first kappa shape index (κ1) is 19.3. The van der Waals surface area contributed by atoms with Crippen molar-refractivity contribution in [3.8, 4) is 11.3 Å². The number of amides is 1. The minimum atomic E-state index is -0.616. The average Bonchev–Trinajstić information content (AvgIpc) is 2.76. The minimum Gasteiger partial charge on any atom is -0.396 e. The molecular formula is C22H23N3O4. The lowest BCUT2D eigenvalue weighted by Crippen LogP contribution is -2.48. The van der Waals surface area contributed by atoms with Gasteiger partial charge >= 0.3 is 0 Å². The number of aromatic nitrogens is 2. The molecule has 29 heavy (non-hydrogen) atoms. The molecule has 0 aliphatic carbocycles. The number of hydrogen-bond donors (Lipinski definition) is 2. The molecule has 1 aromatic heterocycles. The number of rotatable bonds is 4. The van der Waals surface area contributed by atoms with Crippen LogP contribution < -0.4 is 5.56 Å². The van der Waals surface area contributed by atoms with E-state index in [1.54, 1.807) is 17.0 Å². The third-order valence-electron chi connectivity index (χ3n) is 5.48. The van der Waals surface area contributed by atoms with E-state index in [0.29, 0.717) is 24.0 Å². The van der Waals surface area contributed by atoms with Crippen LogP contribution in [0, 0.1) is 5.92 Å². The monoisotopic (exact) mass is 393 g/mol. The second-order valence-electron chi connectivity index (χ2n) is 7.36. The van der Waals surface area contributed by atoms with Crippen LogP contribution in [0.25, 0.3) is 22.0 Å². The number of nitrogens with zero attached hydrogens (tertiary/aromatic N) is 3. The second kappa shape index (κ2) is 8.14. The summed E-state index contributed by atoms with van der Waals surface area (Å²) in [5.41, 5.74) is 1.20. The Hall–Kier alpha value is -3.03. The van der Waals surface area contributed by atoms with Crippen molar-refractivity contribution in [3.63, 3.8) is 0 Å². The molecule has 0 spiro atoms. The van der Waals surface area contributed by atoms with E-state index < -0.39 is 6.10 Å². The van der Waals surface area contributed by atoms with Gasteiger partial charge in [-0.15, -0.1) is 0 Å². The Morgan fingerprint density at radius 3 is 2.48 bits per heavy atom. The summed E-state index contributed by atoms with van der Waals surface area (Å²) in [7, 11) is 0. The van der Waals surface area contributed by atoms with Crippen LogP contribution in [0.1, 0.15) is 6.42 Å². The van der Waals surface area contributed by atoms with Crippen LogP contribution in [0.3, 0.4) is 0 Å². The Morgan fingerprint density at radius 1 is 1.07 bits per heavy atom. The highest BCUT2D eigenvalue weighted by atomic mass is 16.3. The molecule has 4 rings (SSSR count). The van der Waals surface area contributed by atoms with Gasteiger partial charge in [-0.05, 0) is 12.5 Å². The van der Waals surface area contributed by atoms with Gasteiger partial charge in [0.15, 0.2) is 0 Å². The van der Waals surface area contributed by atoms with Gasteiger partial charge in [-0.2, -0.15) is 5.10 Å². The maximum absolute atomic E-state index is 13.0. The fraction of sp³-hybridized carbons (Fsp3) is 0.318. The van der Waals surface area contributed by atoms with Gasteiger partial charge in [-0.1, -0.05) is 48.5 Å². The molecule has 2 atom stereocenters. The number of carbonyl (C=O) groups is 1. The summed E-state index contributed by atoms with van der Waals surface area (Å²) in [6.45, 7) is 0.295. The zero-order valence-electron chi connectivity index (χ0n) is 15.9. The van der Waals surface area contributed by atoms with E-state index in [-0.39, 0.29) is 37.1 Å². The highest BCUT2D eigenvalue weighted by Gasteiger charge is 2.30. The van der Waals surface area contributed by atoms with E-state index in [0.717, 1.165) is 10.9 Å². The SMILES string of the molecule is O=C(Cn1nc(-c2ccccc2)c2ccccc2c1=O)N1CC[C@H](O)[C@H](CO)C1. The van der Waals surface area contributed by atoms with E-state index in [2.05, 4.69) is 5.10 Å². The molecule has 3 aromatic rings. The zero-order chi connectivity index (χ0) is 20.4. The van der Waals surface area contributed by atoms with E-state index in [1.807, 2.05) is 42.5 Å². The van der Waals surface area contributed by atoms with Gasteiger partial charge in [0.2, 0.25) is 5.91 Å². The van der Waals surface area contributed by atoms with Crippen molar-refractivity contribution in [2.75, 3.05) is 19.7 Å². The topological polar surface area (TPSA) is 95.7 Å². The Labute approximate surface area is 167 Å². The number of likely N-dealkylation sites (tertiary alicyclic amines) is 1.